The minimum atomic E-state index is -0.174. The third kappa shape index (κ3) is 6.75. The number of hydrogen-bond acceptors (Lipinski definition) is 2. The average Bonchev–Trinajstić information content (AvgIpc) is 2.48. The van der Waals surface area contributed by atoms with Crippen molar-refractivity contribution in [2.45, 2.75) is 66.0 Å². The van der Waals surface area contributed by atoms with Gasteiger partial charge in [0.2, 0.25) is 5.91 Å². The third-order valence-electron chi connectivity index (χ3n) is 4.78. The van der Waals surface area contributed by atoms with Crippen molar-refractivity contribution in [2.75, 3.05) is 13.1 Å². The van der Waals surface area contributed by atoms with Crippen LogP contribution in [0, 0.1) is 11.3 Å². The summed E-state index contributed by atoms with van der Waals surface area (Å²) < 4.78 is 0. The molecule has 146 valence electrons. The smallest absolute Gasteiger partial charge is 0.223 e. The number of rotatable bonds is 5. The molecule has 1 aliphatic rings. The first-order chi connectivity index (χ1) is 12.0. The van der Waals surface area contributed by atoms with Crippen molar-refractivity contribution in [1.29, 1.82) is 0 Å². The standard InChI is InChI=1S/C21H32Cl2N2O/c1-20(2,3)14-21(4,5)24-19(26)16-8-10-25(11-9-16)13-15-6-7-17(22)18(23)12-15/h6-7,12,16H,8-11,13-14H2,1-5H3,(H,24,26). The Labute approximate surface area is 168 Å². The lowest BCUT2D eigenvalue weighted by Gasteiger charge is -2.36. The Hall–Kier alpha value is -0.770. The van der Waals surface area contributed by atoms with Crippen molar-refractivity contribution in [3.63, 3.8) is 0 Å². The molecule has 26 heavy (non-hydrogen) atoms. The molecule has 1 aliphatic heterocycles. The monoisotopic (exact) mass is 398 g/mol. The van der Waals surface area contributed by atoms with E-state index in [1.165, 1.54) is 0 Å². The van der Waals surface area contributed by atoms with Crippen LogP contribution in [0.4, 0.5) is 0 Å². The molecular formula is C21H32Cl2N2O. The second-order valence-corrected chi connectivity index (χ2v) is 10.2. The Balaban J connectivity index is 1.83. The molecule has 3 nitrogen and oxygen atoms in total. The molecule has 1 N–H and O–H groups in total. The maximum Gasteiger partial charge on any atom is 0.223 e. The van der Waals surface area contributed by atoms with E-state index in [0.717, 1.165) is 44.5 Å². The van der Waals surface area contributed by atoms with E-state index in [-0.39, 0.29) is 22.8 Å². The fraction of sp³-hybridized carbons (Fsp3) is 0.667. The van der Waals surface area contributed by atoms with E-state index in [2.05, 4.69) is 44.8 Å². The van der Waals surface area contributed by atoms with Gasteiger partial charge in [0.1, 0.15) is 0 Å². The van der Waals surface area contributed by atoms with Crippen molar-refractivity contribution in [2.24, 2.45) is 11.3 Å². The molecule has 0 radical (unpaired) electrons. The van der Waals surface area contributed by atoms with Gasteiger partial charge in [0, 0.05) is 18.0 Å². The van der Waals surface area contributed by atoms with E-state index in [0.29, 0.717) is 10.0 Å². The van der Waals surface area contributed by atoms with Crippen LogP contribution in [0.15, 0.2) is 18.2 Å². The zero-order chi connectivity index (χ0) is 19.5. The lowest BCUT2D eigenvalue weighted by Crippen LogP contribution is -2.49. The van der Waals surface area contributed by atoms with E-state index in [9.17, 15) is 4.79 Å². The molecule has 1 fully saturated rings. The number of carbonyl (C=O) groups excluding carboxylic acids is 1. The second-order valence-electron chi connectivity index (χ2n) is 9.41. The lowest BCUT2D eigenvalue weighted by molar-refractivity contribution is -0.128. The number of halogens is 2. The van der Waals surface area contributed by atoms with Crippen LogP contribution in [0.25, 0.3) is 0 Å². The number of likely N-dealkylation sites (tertiary alicyclic amines) is 1. The molecule has 0 bridgehead atoms. The van der Waals surface area contributed by atoms with Crippen molar-refractivity contribution in [1.82, 2.24) is 10.2 Å². The molecule has 1 heterocycles. The summed E-state index contributed by atoms with van der Waals surface area (Å²) in [5.41, 5.74) is 1.18. The highest BCUT2D eigenvalue weighted by Crippen LogP contribution is 2.28. The number of benzene rings is 1. The van der Waals surface area contributed by atoms with E-state index < -0.39 is 0 Å². The first-order valence-electron chi connectivity index (χ1n) is 9.43. The molecule has 0 saturated carbocycles. The molecule has 1 aromatic rings. The normalized spacial score (nSPS) is 17.3. The predicted molar refractivity (Wildman–Crippen MR) is 111 cm³/mol. The van der Waals surface area contributed by atoms with Crippen molar-refractivity contribution >= 4 is 29.1 Å². The Bertz CT molecular complexity index is 629. The average molecular weight is 399 g/mol. The van der Waals surface area contributed by atoms with Crippen molar-refractivity contribution in [3.05, 3.63) is 33.8 Å². The summed E-state index contributed by atoms with van der Waals surface area (Å²) >= 11 is 12.1. The summed E-state index contributed by atoms with van der Waals surface area (Å²) in [6.07, 6.45) is 2.76. The van der Waals surface area contributed by atoms with Gasteiger partial charge in [-0.2, -0.15) is 0 Å². The number of nitrogens with zero attached hydrogens (tertiary/aromatic N) is 1. The van der Waals surface area contributed by atoms with E-state index in [1.54, 1.807) is 0 Å². The van der Waals surface area contributed by atoms with Crippen LogP contribution in [0.3, 0.4) is 0 Å². The molecular weight excluding hydrogens is 367 g/mol. The highest BCUT2D eigenvalue weighted by Gasteiger charge is 2.31. The topological polar surface area (TPSA) is 32.3 Å². The van der Waals surface area contributed by atoms with Gasteiger partial charge in [-0.15, -0.1) is 0 Å². The molecule has 1 amide bonds. The van der Waals surface area contributed by atoms with Crippen LogP contribution >= 0.6 is 23.2 Å². The van der Waals surface area contributed by atoms with Gasteiger partial charge in [0.25, 0.3) is 0 Å². The Morgan fingerprint density at radius 3 is 2.27 bits per heavy atom. The zero-order valence-electron chi connectivity index (χ0n) is 16.7. The molecule has 0 atom stereocenters. The Morgan fingerprint density at radius 1 is 1.12 bits per heavy atom. The zero-order valence-corrected chi connectivity index (χ0v) is 18.2. The van der Waals surface area contributed by atoms with Gasteiger partial charge in [-0.05, 0) is 69.3 Å². The fourth-order valence-electron chi connectivity index (χ4n) is 4.06. The van der Waals surface area contributed by atoms with Gasteiger partial charge in [0.15, 0.2) is 0 Å². The Kier molecular flexibility index (Phi) is 7.04. The largest absolute Gasteiger partial charge is 0.351 e. The number of carbonyl (C=O) groups is 1. The molecule has 0 spiro atoms. The third-order valence-corrected chi connectivity index (χ3v) is 5.52. The van der Waals surface area contributed by atoms with Crippen molar-refractivity contribution < 1.29 is 4.79 Å². The van der Waals surface area contributed by atoms with E-state index in [4.69, 9.17) is 23.2 Å². The molecule has 5 heteroatoms. The summed E-state index contributed by atoms with van der Waals surface area (Å²) in [4.78, 5) is 15.1. The minimum Gasteiger partial charge on any atom is -0.351 e. The van der Waals surface area contributed by atoms with Crippen LogP contribution in [-0.4, -0.2) is 29.4 Å². The number of hydrogen-bond donors (Lipinski definition) is 1. The van der Waals surface area contributed by atoms with Crippen LogP contribution in [0.5, 0.6) is 0 Å². The molecule has 2 rings (SSSR count). The van der Waals surface area contributed by atoms with Crippen LogP contribution in [0.1, 0.15) is 59.4 Å². The first kappa shape index (κ1) is 21.5. The van der Waals surface area contributed by atoms with Gasteiger partial charge in [-0.3, -0.25) is 9.69 Å². The lowest BCUT2D eigenvalue weighted by atomic mass is 9.81. The molecule has 1 saturated heterocycles. The quantitative estimate of drug-likeness (QED) is 0.705. The summed E-state index contributed by atoms with van der Waals surface area (Å²) in [5, 5.41) is 4.45. The highest BCUT2D eigenvalue weighted by atomic mass is 35.5. The SMILES string of the molecule is CC(C)(C)CC(C)(C)NC(=O)C1CCN(Cc2ccc(Cl)c(Cl)c2)CC1. The molecule has 0 aliphatic carbocycles. The number of amides is 1. The second kappa shape index (κ2) is 8.50. The maximum atomic E-state index is 12.7. The highest BCUT2D eigenvalue weighted by molar-refractivity contribution is 6.42. The van der Waals surface area contributed by atoms with E-state index >= 15 is 0 Å². The Morgan fingerprint density at radius 2 is 1.73 bits per heavy atom. The molecule has 0 aromatic heterocycles. The molecule has 1 aromatic carbocycles. The number of nitrogens with one attached hydrogen (secondary N) is 1. The van der Waals surface area contributed by atoms with Crippen molar-refractivity contribution in [3.8, 4) is 0 Å². The first-order valence-corrected chi connectivity index (χ1v) is 10.2. The van der Waals surface area contributed by atoms with Crippen LogP contribution in [-0.2, 0) is 11.3 Å². The molecule has 0 unspecified atom stereocenters. The summed E-state index contributed by atoms with van der Waals surface area (Å²) in [6.45, 7) is 13.6. The van der Waals surface area contributed by atoms with Crippen LogP contribution < -0.4 is 5.32 Å². The van der Waals surface area contributed by atoms with Gasteiger partial charge in [-0.25, -0.2) is 0 Å². The van der Waals surface area contributed by atoms with Gasteiger partial charge in [-0.1, -0.05) is 50.0 Å². The fourth-order valence-corrected chi connectivity index (χ4v) is 4.38. The number of piperidine rings is 1. The van der Waals surface area contributed by atoms with Gasteiger partial charge >= 0.3 is 0 Å². The van der Waals surface area contributed by atoms with E-state index in [1.807, 2.05) is 18.2 Å². The summed E-state index contributed by atoms with van der Waals surface area (Å²) in [5.74, 6) is 0.313. The summed E-state index contributed by atoms with van der Waals surface area (Å²) in [7, 11) is 0. The van der Waals surface area contributed by atoms with Gasteiger partial charge in [0.05, 0.1) is 10.0 Å². The van der Waals surface area contributed by atoms with Crippen LogP contribution in [0.2, 0.25) is 10.0 Å². The van der Waals surface area contributed by atoms with Gasteiger partial charge < -0.3 is 5.32 Å². The summed E-state index contributed by atoms with van der Waals surface area (Å²) in [6, 6.07) is 5.79. The minimum absolute atomic E-state index is 0.110. The maximum absolute atomic E-state index is 12.7. The predicted octanol–water partition coefficient (Wildman–Crippen LogP) is 5.54.